The smallest absolute Gasteiger partial charge is 0.328 e. The standard InChI is InChI=1S/C12H28N.C4H4O4/c1-5-9-13(10-6-2,11-7-3)12-8-4;5-3(6)1-2-4(7)8/h5-12H2,1-4H3;1-2H,(H,5,6)(H,7,8)/q+1;/b;2-1-. The monoisotopic (exact) mass is 302 g/mol. The van der Waals surface area contributed by atoms with Crippen LogP contribution < -0.4 is 0 Å². The van der Waals surface area contributed by atoms with E-state index in [0.29, 0.717) is 12.2 Å². The predicted molar refractivity (Wildman–Crippen MR) is 85.3 cm³/mol. The second kappa shape index (κ2) is 13.6. The summed E-state index contributed by atoms with van der Waals surface area (Å²) in [5.74, 6) is -2.51. The van der Waals surface area contributed by atoms with Crippen molar-refractivity contribution in [2.75, 3.05) is 26.2 Å². The van der Waals surface area contributed by atoms with Crippen molar-refractivity contribution in [1.82, 2.24) is 0 Å². The third-order valence-corrected chi connectivity index (χ3v) is 3.16. The molecule has 0 bridgehead atoms. The Morgan fingerprint density at radius 2 is 0.952 bits per heavy atom. The molecule has 5 heteroatoms. The fourth-order valence-electron chi connectivity index (χ4n) is 2.71. The van der Waals surface area contributed by atoms with E-state index in [1.54, 1.807) is 0 Å². The molecule has 0 aliphatic carbocycles. The number of quaternary nitrogens is 1. The van der Waals surface area contributed by atoms with Crippen molar-refractivity contribution >= 4 is 11.9 Å². The lowest BCUT2D eigenvalue weighted by atomic mass is 10.2. The van der Waals surface area contributed by atoms with Gasteiger partial charge in [-0.3, -0.25) is 0 Å². The highest BCUT2D eigenvalue weighted by atomic mass is 16.4. The average Bonchev–Trinajstić information content (AvgIpc) is 2.38. The molecular formula is C16H32NO4+. The van der Waals surface area contributed by atoms with E-state index < -0.39 is 11.9 Å². The number of rotatable bonds is 10. The molecule has 2 N–H and O–H groups in total. The number of carboxylic acid groups (broad SMARTS) is 2. The number of aliphatic carboxylic acids is 2. The van der Waals surface area contributed by atoms with E-state index in [0.717, 1.165) is 0 Å². The molecule has 0 aromatic carbocycles. The van der Waals surface area contributed by atoms with Crippen LogP contribution in [0.15, 0.2) is 12.2 Å². The Labute approximate surface area is 128 Å². The van der Waals surface area contributed by atoms with Gasteiger partial charge < -0.3 is 14.7 Å². The Morgan fingerprint density at radius 3 is 1.10 bits per heavy atom. The zero-order chi connectivity index (χ0) is 16.7. The summed E-state index contributed by atoms with van der Waals surface area (Å²) >= 11 is 0. The Balaban J connectivity index is 0. The molecule has 0 unspecified atom stereocenters. The molecule has 0 aliphatic rings. The number of hydrogen-bond donors (Lipinski definition) is 2. The van der Waals surface area contributed by atoms with Crippen molar-refractivity contribution in [2.24, 2.45) is 0 Å². The third kappa shape index (κ3) is 13.4. The maximum absolute atomic E-state index is 9.55. The van der Waals surface area contributed by atoms with Crippen LogP contribution >= 0.6 is 0 Å². The largest absolute Gasteiger partial charge is 0.478 e. The second-order valence-electron chi connectivity index (χ2n) is 5.25. The van der Waals surface area contributed by atoms with Gasteiger partial charge in [0, 0.05) is 12.2 Å². The molecule has 0 aliphatic heterocycles. The molecule has 0 aromatic rings. The summed E-state index contributed by atoms with van der Waals surface area (Å²) in [7, 11) is 0. The predicted octanol–water partition coefficient (Wildman–Crippen LogP) is 3.16. The number of nitrogens with zero attached hydrogens (tertiary/aromatic N) is 1. The van der Waals surface area contributed by atoms with E-state index in [-0.39, 0.29) is 0 Å². The number of carbonyl (C=O) groups is 2. The lowest BCUT2D eigenvalue weighted by Gasteiger charge is -2.38. The summed E-state index contributed by atoms with van der Waals surface area (Å²) in [6.07, 6.45) is 6.45. The molecule has 0 rings (SSSR count). The molecule has 0 aromatic heterocycles. The van der Waals surface area contributed by atoms with Crippen molar-refractivity contribution < 1.29 is 24.3 Å². The zero-order valence-electron chi connectivity index (χ0n) is 14.0. The SMILES string of the molecule is CCC[N+](CCC)(CCC)CCC.O=C(O)/C=C\C(=O)O. The molecular weight excluding hydrogens is 270 g/mol. The van der Waals surface area contributed by atoms with Gasteiger partial charge in [-0.05, 0) is 25.7 Å². The zero-order valence-corrected chi connectivity index (χ0v) is 14.0. The quantitative estimate of drug-likeness (QED) is 0.480. The second-order valence-corrected chi connectivity index (χ2v) is 5.25. The van der Waals surface area contributed by atoms with Crippen LogP contribution in [0.25, 0.3) is 0 Å². The number of carboxylic acids is 2. The van der Waals surface area contributed by atoms with Gasteiger partial charge in [0.25, 0.3) is 0 Å². The Morgan fingerprint density at radius 1 is 0.714 bits per heavy atom. The molecule has 0 spiro atoms. The minimum absolute atomic E-state index is 0.558. The van der Waals surface area contributed by atoms with Crippen LogP contribution in [0.2, 0.25) is 0 Å². The first-order valence-electron chi connectivity index (χ1n) is 7.86. The Bertz CT molecular complexity index is 268. The summed E-state index contributed by atoms with van der Waals surface area (Å²) in [6.45, 7) is 14.8. The van der Waals surface area contributed by atoms with Crippen molar-refractivity contribution in [1.29, 1.82) is 0 Å². The average molecular weight is 302 g/mol. The van der Waals surface area contributed by atoms with Gasteiger partial charge in [-0.1, -0.05) is 27.7 Å². The van der Waals surface area contributed by atoms with Crippen LogP contribution in [0.4, 0.5) is 0 Å². The van der Waals surface area contributed by atoms with Gasteiger partial charge in [-0.2, -0.15) is 0 Å². The van der Waals surface area contributed by atoms with Crippen molar-refractivity contribution in [3.8, 4) is 0 Å². The molecule has 0 heterocycles. The summed E-state index contributed by atoms with van der Waals surface area (Å²) in [5, 5.41) is 15.6. The van der Waals surface area contributed by atoms with Gasteiger partial charge in [-0.15, -0.1) is 0 Å². The van der Waals surface area contributed by atoms with Crippen LogP contribution in [0.1, 0.15) is 53.4 Å². The fraction of sp³-hybridized carbons (Fsp3) is 0.750. The molecule has 0 fully saturated rings. The van der Waals surface area contributed by atoms with Crippen LogP contribution in [-0.2, 0) is 9.59 Å². The lowest BCUT2D eigenvalue weighted by Crippen LogP contribution is -2.50. The van der Waals surface area contributed by atoms with Crippen LogP contribution in [0.5, 0.6) is 0 Å². The molecule has 0 radical (unpaired) electrons. The molecule has 21 heavy (non-hydrogen) atoms. The summed E-state index contributed by atoms with van der Waals surface area (Å²) in [5.41, 5.74) is 0. The summed E-state index contributed by atoms with van der Waals surface area (Å²) < 4.78 is 1.38. The van der Waals surface area contributed by atoms with Crippen molar-refractivity contribution in [2.45, 2.75) is 53.4 Å². The topological polar surface area (TPSA) is 74.6 Å². The molecule has 0 saturated heterocycles. The highest BCUT2D eigenvalue weighted by molar-refractivity contribution is 5.89. The van der Waals surface area contributed by atoms with E-state index in [4.69, 9.17) is 10.2 Å². The van der Waals surface area contributed by atoms with E-state index in [1.165, 1.54) is 56.3 Å². The van der Waals surface area contributed by atoms with Crippen LogP contribution in [-0.4, -0.2) is 52.8 Å². The first kappa shape index (κ1) is 21.9. The summed E-state index contributed by atoms with van der Waals surface area (Å²) in [4.78, 5) is 19.1. The van der Waals surface area contributed by atoms with Gasteiger partial charge in [-0.25, -0.2) is 9.59 Å². The van der Waals surface area contributed by atoms with Crippen LogP contribution in [0, 0.1) is 0 Å². The van der Waals surface area contributed by atoms with E-state index in [2.05, 4.69) is 27.7 Å². The third-order valence-electron chi connectivity index (χ3n) is 3.16. The summed E-state index contributed by atoms with van der Waals surface area (Å²) in [6, 6.07) is 0. The first-order chi connectivity index (χ1) is 9.87. The minimum Gasteiger partial charge on any atom is -0.478 e. The minimum atomic E-state index is -1.26. The maximum atomic E-state index is 9.55. The van der Waals surface area contributed by atoms with Crippen LogP contribution in [0.3, 0.4) is 0 Å². The van der Waals surface area contributed by atoms with E-state index >= 15 is 0 Å². The normalized spacial score (nSPS) is 11.0. The molecule has 5 nitrogen and oxygen atoms in total. The maximum Gasteiger partial charge on any atom is 0.328 e. The van der Waals surface area contributed by atoms with Gasteiger partial charge >= 0.3 is 11.9 Å². The van der Waals surface area contributed by atoms with Gasteiger partial charge in [0.1, 0.15) is 0 Å². The Hall–Kier alpha value is -1.36. The highest BCUT2D eigenvalue weighted by Gasteiger charge is 2.22. The number of hydrogen-bond acceptors (Lipinski definition) is 2. The Kier molecular flexibility index (Phi) is 14.2. The van der Waals surface area contributed by atoms with Gasteiger partial charge in [0.15, 0.2) is 0 Å². The van der Waals surface area contributed by atoms with Crippen molar-refractivity contribution in [3.05, 3.63) is 12.2 Å². The van der Waals surface area contributed by atoms with Gasteiger partial charge in [0.05, 0.1) is 26.2 Å². The fourth-order valence-corrected chi connectivity index (χ4v) is 2.71. The first-order valence-corrected chi connectivity index (χ1v) is 7.86. The molecule has 124 valence electrons. The van der Waals surface area contributed by atoms with Crippen molar-refractivity contribution in [3.63, 3.8) is 0 Å². The van der Waals surface area contributed by atoms with Gasteiger partial charge in [0.2, 0.25) is 0 Å². The molecule has 0 saturated carbocycles. The lowest BCUT2D eigenvalue weighted by molar-refractivity contribution is -0.928. The van der Waals surface area contributed by atoms with E-state index in [1.807, 2.05) is 0 Å². The van der Waals surface area contributed by atoms with E-state index in [9.17, 15) is 9.59 Å². The highest BCUT2D eigenvalue weighted by Crippen LogP contribution is 2.12. The molecule has 0 amide bonds. The molecule has 0 atom stereocenters.